The van der Waals surface area contributed by atoms with Crippen molar-refractivity contribution < 1.29 is 9.59 Å². The van der Waals surface area contributed by atoms with E-state index in [-0.39, 0.29) is 24.4 Å². The molecular weight excluding hydrogens is 284 g/mol. The Hall–Kier alpha value is -1.36. The lowest BCUT2D eigenvalue weighted by atomic mass is 10.1. The zero-order valence-corrected chi connectivity index (χ0v) is 11.0. The highest BCUT2D eigenvalue weighted by Crippen LogP contribution is 2.21. The molecule has 1 aromatic carbocycles. The van der Waals surface area contributed by atoms with Gasteiger partial charge in [0, 0.05) is 11.0 Å². The van der Waals surface area contributed by atoms with Crippen LogP contribution in [0.4, 0.5) is 4.79 Å². The first-order chi connectivity index (χ1) is 8.06. The summed E-state index contributed by atoms with van der Waals surface area (Å²) in [5.74, 6) is -0.00314. The van der Waals surface area contributed by atoms with Gasteiger partial charge in [0.15, 0.2) is 0 Å². The lowest BCUT2D eigenvalue weighted by molar-refractivity contribution is -0.117. The van der Waals surface area contributed by atoms with E-state index in [9.17, 15) is 9.59 Å². The Labute approximate surface area is 108 Å². The van der Waals surface area contributed by atoms with Crippen LogP contribution in [-0.4, -0.2) is 29.8 Å². The van der Waals surface area contributed by atoms with Crippen molar-refractivity contribution >= 4 is 27.7 Å². The Balaban J connectivity index is 2.08. The van der Waals surface area contributed by atoms with Crippen LogP contribution in [0.2, 0.25) is 0 Å². The number of hydrogen-bond donors (Lipinski definition) is 1. The van der Waals surface area contributed by atoms with Gasteiger partial charge >= 0.3 is 6.03 Å². The molecule has 2 rings (SSSR count). The topological polar surface area (TPSA) is 49.4 Å². The smallest absolute Gasteiger partial charge is 0.318 e. The Morgan fingerprint density at radius 2 is 2.12 bits per heavy atom. The molecule has 0 bridgehead atoms. The first-order valence-corrected chi connectivity index (χ1v) is 6.16. The maximum atomic E-state index is 11.6. The van der Waals surface area contributed by atoms with Gasteiger partial charge in [-0.05, 0) is 24.6 Å². The molecule has 0 radical (unpaired) electrons. The molecule has 1 aromatic rings. The van der Waals surface area contributed by atoms with Crippen LogP contribution in [0.25, 0.3) is 0 Å². The lowest BCUT2D eigenvalue weighted by Gasteiger charge is -2.12. The number of nitrogens with zero attached hydrogens (tertiary/aromatic N) is 1. The first kappa shape index (κ1) is 12.1. The van der Waals surface area contributed by atoms with Crippen molar-refractivity contribution in [3.8, 4) is 0 Å². The van der Waals surface area contributed by atoms with Crippen LogP contribution in [0, 0.1) is 0 Å². The second-order valence-electron chi connectivity index (χ2n) is 4.14. The third-order valence-electron chi connectivity index (χ3n) is 2.67. The largest absolute Gasteiger partial charge is 0.329 e. The van der Waals surface area contributed by atoms with E-state index in [4.69, 9.17) is 0 Å². The highest BCUT2D eigenvalue weighted by Gasteiger charge is 2.29. The summed E-state index contributed by atoms with van der Waals surface area (Å²) in [4.78, 5) is 24.2. The van der Waals surface area contributed by atoms with Crippen LogP contribution in [0.5, 0.6) is 0 Å². The van der Waals surface area contributed by atoms with Crippen molar-refractivity contribution in [2.75, 3.05) is 13.1 Å². The van der Waals surface area contributed by atoms with Gasteiger partial charge < -0.3 is 10.2 Å². The summed E-state index contributed by atoms with van der Waals surface area (Å²) in [5.41, 5.74) is 1.05. The van der Waals surface area contributed by atoms with Gasteiger partial charge in [0.2, 0.25) is 0 Å². The minimum Gasteiger partial charge on any atom is -0.329 e. The van der Waals surface area contributed by atoms with E-state index >= 15 is 0 Å². The molecule has 5 heteroatoms. The lowest BCUT2D eigenvalue weighted by Crippen LogP contribution is -2.32. The van der Waals surface area contributed by atoms with Crippen molar-refractivity contribution in [3.63, 3.8) is 0 Å². The van der Waals surface area contributed by atoms with Crippen LogP contribution < -0.4 is 5.32 Å². The Morgan fingerprint density at radius 3 is 2.71 bits per heavy atom. The average Bonchev–Trinajstić information content (AvgIpc) is 2.60. The molecule has 4 nitrogen and oxygen atoms in total. The molecule has 1 saturated heterocycles. The number of nitrogens with one attached hydrogen (secondary N) is 1. The van der Waals surface area contributed by atoms with E-state index in [0.29, 0.717) is 6.54 Å². The van der Waals surface area contributed by atoms with E-state index in [1.807, 2.05) is 24.3 Å². The molecule has 0 aliphatic carbocycles. The molecule has 90 valence electrons. The van der Waals surface area contributed by atoms with E-state index < -0.39 is 0 Å². The van der Waals surface area contributed by atoms with Gasteiger partial charge in [0.1, 0.15) is 5.78 Å². The first-order valence-electron chi connectivity index (χ1n) is 5.36. The molecule has 17 heavy (non-hydrogen) atoms. The minimum absolute atomic E-state index is 0.00314. The van der Waals surface area contributed by atoms with Crippen molar-refractivity contribution in [1.29, 1.82) is 0 Å². The molecule has 1 aliphatic heterocycles. The highest BCUT2D eigenvalue weighted by molar-refractivity contribution is 9.10. The fourth-order valence-corrected chi connectivity index (χ4v) is 2.14. The number of hydrogen-bond acceptors (Lipinski definition) is 2. The number of carbonyl (C=O) groups is 2. The van der Waals surface area contributed by atoms with Crippen molar-refractivity contribution in [3.05, 3.63) is 34.3 Å². The molecule has 1 unspecified atom stereocenters. The van der Waals surface area contributed by atoms with Gasteiger partial charge in [-0.25, -0.2) is 4.79 Å². The molecule has 1 atom stereocenters. The maximum Gasteiger partial charge on any atom is 0.318 e. The quantitative estimate of drug-likeness (QED) is 0.929. The molecule has 1 fully saturated rings. The van der Waals surface area contributed by atoms with Crippen molar-refractivity contribution in [1.82, 2.24) is 10.2 Å². The number of rotatable bonds is 3. The summed E-state index contributed by atoms with van der Waals surface area (Å²) < 4.78 is 1.01. The van der Waals surface area contributed by atoms with Crippen LogP contribution >= 0.6 is 15.9 Å². The normalized spacial score (nSPS) is 19.3. The van der Waals surface area contributed by atoms with Crippen molar-refractivity contribution in [2.24, 2.45) is 0 Å². The maximum absolute atomic E-state index is 11.6. The predicted octanol–water partition coefficient (Wildman–Crippen LogP) is 2.10. The molecule has 2 amide bonds. The van der Waals surface area contributed by atoms with Crippen molar-refractivity contribution in [2.45, 2.75) is 13.0 Å². The summed E-state index contributed by atoms with van der Waals surface area (Å²) in [6.07, 6.45) is 0. The fourth-order valence-electron chi connectivity index (χ4n) is 1.88. The summed E-state index contributed by atoms with van der Waals surface area (Å²) in [6, 6.07) is 7.60. The standard InChI is InChI=1S/C12H13BrN2O2/c1-8(16)6-15-7-11(14-12(15)17)9-2-4-10(13)5-3-9/h2-5,11H,6-7H2,1H3,(H,14,17). The third-order valence-corrected chi connectivity index (χ3v) is 3.20. The van der Waals surface area contributed by atoms with Gasteiger partial charge in [-0.3, -0.25) is 4.79 Å². The molecule has 0 aromatic heterocycles. The van der Waals surface area contributed by atoms with Gasteiger partial charge in [-0.1, -0.05) is 28.1 Å². The van der Waals surface area contributed by atoms with E-state index in [1.165, 1.54) is 11.8 Å². The molecule has 0 spiro atoms. The fraction of sp³-hybridized carbons (Fsp3) is 0.333. The molecule has 1 aliphatic rings. The third kappa shape index (κ3) is 2.85. The van der Waals surface area contributed by atoms with Gasteiger partial charge in [-0.15, -0.1) is 0 Å². The summed E-state index contributed by atoms with van der Waals surface area (Å²) >= 11 is 3.37. The number of amides is 2. The second kappa shape index (κ2) is 4.87. The molecule has 1 heterocycles. The van der Waals surface area contributed by atoms with Crippen LogP contribution in [0.15, 0.2) is 28.7 Å². The minimum atomic E-state index is -0.173. The number of benzene rings is 1. The molecule has 0 saturated carbocycles. The van der Waals surface area contributed by atoms with Crippen LogP contribution in [-0.2, 0) is 4.79 Å². The SMILES string of the molecule is CC(=O)CN1CC(c2ccc(Br)cc2)NC1=O. The van der Waals surface area contributed by atoms with E-state index in [1.54, 1.807) is 0 Å². The number of Topliss-reactive ketones (excluding diaryl/α,β-unsaturated/α-hetero) is 1. The van der Waals surface area contributed by atoms with E-state index in [2.05, 4.69) is 21.2 Å². The van der Waals surface area contributed by atoms with Crippen LogP contribution in [0.1, 0.15) is 18.5 Å². The van der Waals surface area contributed by atoms with Gasteiger partial charge in [-0.2, -0.15) is 0 Å². The second-order valence-corrected chi connectivity index (χ2v) is 5.05. The summed E-state index contributed by atoms with van der Waals surface area (Å²) in [6.45, 7) is 2.21. The average molecular weight is 297 g/mol. The Kier molecular flexibility index (Phi) is 3.47. The number of carbonyl (C=O) groups excluding carboxylic acids is 2. The predicted molar refractivity (Wildman–Crippen MR) is 67.7 cm³/mol. The summed E-state index contributed by atoms with van der Waals surface area (Å²) in [5, 5.41) is 2.86. The number of urea groups is 1. The zero-order valence-electron chi connectivity index (χ0n) is 9.44. The molecular formula is C12H13BrN2O2. The summed E-state index contributed by atoms with van der Waals surface area (Å²) in [7, 11) is 0. The number of halogens is 1. The number of ketones is 1. The van der Waals surface area contributed by atoms with E-state index in [0.717, 1.165) is 10.0 Å². The Bertz CT molecular complexity index is 444. The highest BCUT2D eigenvalue weighted by atomic mass is 79.9. The van der Waals surface area contributed by atoms with Gasteiger partial charge in [0.25, 0.3) is 0 Å². The zero-order chi connectivity index (χ0) is 12.4. The van der Waals surface area contributed by atoms with Gasteiger partial charge in [0.05, 0.1) is 12.6 Å². The molecule has 1 N–H and O–H groups in total. The monoisotopic (exact) mass is 296 g/mol. The Morgan fingerprint density at radius 1 is 1.47 bits per heavy atom. The van der Waals surface area contributed by atoms with Crippen LogP contribution in [0.3, 0.4) is 0 Å².